The van der Waals surface area contributed by atoms with Gasteiger partial charge in [-0.3, -0.25) is 4.68 Å². The fourth-order valence-corrected chi connectivity index (χ4v) is 2.93. The van der Waals surface area contributed by atoms with Gasteiger partial charge in [0, 0.05) is 23.8 Å². The quantitative estimate of drug-likeness (QED) is 0.917. The van der Waals surface area contributed by atoms with Crippen LogP contribution in [0.2, 0.25) is 5.02 Å². The van der Waals surface area contributed by atoms with Crippen LogP contribution in [0.4, 0.5) is 5.69 Å². The molecule has 3 rings (SSSR count). The van der Waals surface area contributed by atoms with Gasteiger partial charge >= 0.3 is 0 Å². The minimum Gasteiger partial charge on any atom is -0.380 e. The van der Waals surface area contributed by atoms with Gasteiger partial charge in [0.2, 0.25) is 0 Å². The van der Waals surface area contributed by atoms with Crippen molar-refractivity contribution in [3.8, 4) is 0 Å². The number of aryl methyl sites for hydroxylation is 1. The molecule has 19 heavy (non-hydrogen) atoms. The number of hydrogen-bond donors (Lipinski definition) is 1. The summed E-state index contributed by atoms with van der Waals surface area (Å²) in [5.74, 6) is 0.590. The van der Waals surface area contributed by atoms with Crippen LogP contribution in [-0.4, -0.2) is 15.8 Å². The summed E-state index contributed by atoms with van der Waals surface area (Å²) in [5.41, 5.74) is 2.40. The van der Waals surface area contributed by atoms with Crippen molar-refractivity contribution in [3.63, 3.8) is 0 Å². The number of aromatic nitrogens is 2. The highest BCUT2D eigenvalue weighted by Crippen LogP contribution is 2.41. The van der Waals surface area contributed by atoms with E-state index < -0.39 is 0 Å². The first-order chi connectivity index (χ1) is 9.26. The lowest BCUT2D eigenvalue weighted by Crippen LogP contribution is -2.34. The fourth-order valence-electron chi connectivity index (χ4n) is 2.64. The Morgan fingerprint density at radius 1 is 1.37 bits per heavy atom. The fraction of sp³-hybridized carbons (Fsp3) is 0.400. The molecule has 0 spiro atoms. The van der Waals surface area contributed by atoms with E-state index in [4.69, 9.17) is 11.6 Å². The van der Waals surface area contributed by atoms with E-state index in [1.54, 1.807) is 0 Å². The highest BCUT2D eigenvalue weighted by molar-refractivity contribution is 6.31. The van der Waals surface area contributed by atoms with Crippen molar-refractivity contribution in [2.75, 3.05) is 5.32 Å². The Morgan fingerprint density at radius 3 is 2.84 bits per heavy atom. The molecule has 4 heteroatoms. The van der Waals surface area contributed by atoms with Gasteiger partial charge in [0.05, 0.1) is 11.9 Å². The van der Waals surface area contributed by atoms with Crippen molar-refractivity contribution in [1.82, 2.24) is 9.78 Å². The zero-order valence-electron chi connectivity index (χ0n) is 11.0. The van der Waals surface area contributed by atoms with Gasteiger partial charge in [-0.2, -0.15) is 5.10 Å². The predicted octanol–water partition coefficient (Wildman–Crippen LogP) is 3.91. The maximum absolute atomic E-state index is 6.23. The van der Waals surface area contributed by atoms with E-state index in [1.165, 1.54) is 5.56 Å². The maximum atomic E-state index is 6.23. The van der Waals surface area contributed by atoms with Crippen molar-refractivity contribution >= 4 is 17.3 Å². The molecule has 1 aliphatic carbocycles. The molecule has 3 nitrogen and oxygen atoms in total. The van der Waals surface area contributed by atoms with E-state index in [9.17, 15) is 0 Å². The molecule has 1 aromatic carbocycles. The Kier molecular flexibility index (Phi) is 3.47. The third-order valence-electron chi connectivity index (χ3n) is 3.81. The van der Waals surface area contributed by atoms with Crippen molar-refractivity contribution in [2.45, 2.75) is 38.3 Å². The van der Waals surface area contributed by atoms with E-state index in [1.807, 2.05) is 23.0 Å². The van der Waals surface area contributed by atoms with Gasteiger partial charge in [-0.15, -0.1) is 0 Å². The predicted molar refractivity (Wildman–Crippen MR) is 78.7 cm³/mol. The molecule has 1 fully saturated rings. The highest BCUT2D eigenvalue weighted by Gasteiger charge is 2.31. The molecule has 1 N–H and O–H groups in total. The maximum Gasteiger partial charge on any atom is 0.0728 e. The van der Waals surface area contributed by atoms with Gasteiger partial charge in [-0.1, -0.05) is 29.8 Å². The molecule has 0 radical (unpaired) electrons. The minimum absolute atomic E-state index is 0.538. The molecule has 1 heterocycles. The van der Waals surface area contributed by atoms with Gasteiger partial charge in [0.15, 0.2) is 0 Å². The summed E-state index contributed by atoms with van der Waals surface area (Å²) < 4.78 is 1.94. The van der Waals surface area contributed by atoms with Crippen LogP contribution in [0.15, 0.2) is 36.7 Å². The van der Waals surface area contributed by atoms with E-state index >= 15 is 0 Å². The smallest absolute Gasteiger partial charge is 0.0728 e. The average Bonchev–Trinajstić information content (AvgIpc) is 2.82. The first kappa shape index (κ1) is 12.5. The van der Waals surface area contributed by atoms with Gasteiger partial charge in [0.1, 0.15) is 0 Å². The molecular formula is C15H18ClN3. The standard InChI is InChI=1S/C15H18ClN3/c1-2-19-10-13(9-17-19)18-12-7-11(8-12)14-5-3-4-6-15(14)16/h3-6,9-12,18H,2,7-8H2,1H3. The molecule has 1 aromatic heterocycles. The van der Waals surface area contributed by atoms with Gasteiger partial charge in [-0.05, 0) is 37.3 Å². The van der Waals surface area contributed by atoms with Crippen LogP contribution in [0.5, 0.6) is 0 Å². The van der Waals surface area contributed by atoms with Crippen LogP contribution in [-0.2, 0) is 6.54 Å². The molecule has 0 atom stereocenters. The number of anilines is 1. The third-order valence-corrected chi connectivity index (χ3v) is 4.16. The molecule has 0 unspecified atom stereocenters. The Hall–Kier alpha value is -1.48. The molecule has 0 saturated heterocycles. The average molecular weight is 276 g/mol. The molecule has 0 bridgehead atoms. The number of nitrogens with one attached hydrogen (secondary N) is 1. The van der Waals surface area contributed by atoms with Crippen LogP contribution in [0.25, 0.3) is 0 Å². The van der Waals surface area contributed by atoms with Crippen LogP contribution in [0.3, 0.4) is 0 Å². The van der Waals surface area contributed by atoms with E-state index in [0.717, 1.165) is 30.1 Å². The Morgan fingerprint density at radius 2 is 2.16 bits per heavy atom. The topological polar surface area (TPSA) is 29.9 Å². The van der Waals surface area contributed by atoms with E-state index in [2.05, 4.69) is 35.7 Å². The second-order valence-corrected chi connectivity index (χ2v) is 5.52. The van der Waals surface area contributed by atoms with Gasteiger partial charge in [-0.25, -0.2) is 0 Å². The summed E-state index contributed by atoms with van der Waals surface area (Å²) in [6.07, 6.45) is 6.23. The number of halogens is 1. The second-order valence-electron chi connectivity index (χ2n) is 5.12. The van der Waals surface area contributed by atoms with E-state index in [0.29, 0.717) is 12.0 Å². The molecule has 0 aliphatic heterocycles. The van der Waals surface area contributed by atoms with Crippen molar-refractivity contribution in [2.24, 2.45) is 0 Å². The summed E-state index contributed by atoms with van der Waals surface area (Å²) in [6.45, 7) is 3.00. The molecule has 100 valence electrons. The zero-order valence-corrected chi connectivity index (χ0v) is 11.8. The third kappa shape index (κ3) is 2.61. The summed E-state index contributed by atoms with van der Waals surface area (Å²) >= 11 is 6.23. The lowest BCUT2D eigenvalue weighted by molar-refractivity contribution is 0.374. The summed E-state index contributed by atoms with van der Waals surface area (Å²) in [5, 5.41) is 8.69. The monoisotopic (exact) mass is 275 g/mol. The first-order valence-corrected chi connectivity index (χ1v) is 7.17. The zero-order chi connectivity index (χ0) is 13.2. The van der Waals surface area contributed by atoms with Crippen molar-refractivity contribution in [1.29, 1.82) is 0 Å². The molecule has 2 aromatic rings. The Bertz CT molecular complexity index is 558. The Labute approximate surface area is 118 Å². The number of benzene rings is 1. The molecule has 1 saturated carbocycles. The minimum atomic E-state index is 0.538. The van der Waals surface area contributed by atoms with Crippen molar-refractivity contribution in [3.05, 3.63) is 47.2 Å². The van der Waals surface area contributed by atoms with Crippen LogP contribution >= 0.6 is 11.6 Å². The lowest BCUT2D eigenvalue weighted by Gasteiger charge is -2.36. The highest BCUT2D eigenvalue weighted by atomic mass is 35.5. The number of nitrogens with zero attached hydrogens (tertiary/aromatic N) is 2. The Balaban J connectivity index is 1.57. The van der Waals surface area contributed by atoms with E-state index in [-0.39, 0.29) is 0 Å². The van der Waals surface area contributed by atoms with Crippen LogP contribution < -0.4 is 5.32 Å². The van der Waals surface area contributed by atoms with Crippen molar-refractivity contribution < 1.29 is 0 Å². The number of rotatable bonds is 4. The SMILES string of the molecule is CCn1cc(NC2CC(c3ccccc3Cl)C2)cn1. The molecular weight excluding hydrogens is 258 g/mol. The summed E-state index contributed by atoms with van der Waals surface area (Å²) in [7, 11) is 0. The largest absolute Gasteiger partial charge is 0.380 e. The number of hydrogen-bond acceptors (Lipinski definition) is 2. The molecule has 1 aliphatic rings. The van der Waals surface area contributed by atoms with Crippen LogP contribution in [0.1, 0.15) is 31.2 Å². The normalized spacial score (nSPS) is 22.0. The lowest BCUT2D eigenvalue weighted by atomic mass is 9.76. The first-order valence-electron chi connectivity index (χ1n) is 6.79. The van der Waals surface area contributed by atoms with Gasteiger partial charge in [0.25, 0.3) is 0 Å². The summed E-state index contributed by atoms with van der Waals surface area (Å²) in [4.78, 5) is 0. The van der Waals surface area contributed by atoms with Crippen LogP contribution in [0, 0.1) is 0 Å². The molecule has 0 amide bonds. The second kappa shape index (κ2) is 5.25. The van der Waals surface area contributed by atoms with Gasteiger partial charge < -0.3 is 5.32 Å². The summed E-state index contributed by atoms with van der Waals surface area (Å²) in [6, 6.07) is 8.70.